The summed E-state index contributed by atoms with van der Waals surface area (Å²) in [5.74, 6) is 1.86. The first-order valence-corrected chi connectivity index (χ1v) is 9.21. The van der Waals surface area contributed by atoms with Crippen molar-refractivity contribution in [1.82, 2.24) is 15.0 Å². The molecule has 6 nitrogen and oxygen atoms in total. The first kappa shape index (κ1) is 15.8. The highest BCUT2D eigenvalue weighted by Crippen LogP contribution is 2.39. The van der Waals surface area contributed by atoms with E-state index in [-0.39, 0.29) is 23.8 Å². The summed E-state index contributed by atoms with van der Waals surface area (Å²) < 4.78 is 11.4. The second kappa shape index (κ2) is 6.29. The SMILES string of the molecule is Cc1noc([C@H]2CCO[C@H]3CCN(C(=O)c4ccc(C)s4)C[C@H]32)n1. The zero-order valence-electron chi connectivity index (χ0n) is 13.9. The third-order valence-electron chi connectivity index (χ3n) is 4.97. The maximum absolute atomic E-state index is 12.8. The Morgan fingerprint density at radius 2 is 2.21 bits per heavy atom. The number of rotatable bonds is 2. The van der Waals surface area contributed by atoms with E-state index in [1.54, 1.807) is 11.3 Å². The Balaban J connectivity index is 1.54. The number of piperidine rings is 1. The third kappa shape index (κ3) is 2.86. The summed E-state index contributed by atoms with van der Waals surface area (Å²) in [7, 11) is 0. The van der Waals surface area contributed by atoms with Crippen molar-refractivity contribution < 1.29 is 14.1 Å². The van der Waals surface area contributed by atoms with Gasteiger partial charge in [-0.3, -0.25) is 4.79 Å². The lowest BCUT2D eigenvalue weighted by Crippen LogP contribution is -2.50. The predicted molar refractivity (Wildman–Crippen MR) is 89.2 cm³/mol. The molecule has 0 N–H and O–H groups in total. The molecule has 0 saturated carbocycles. The molecule has 1 amide bonds. The second-order valence-electron chi connectivity index (χ2n) is 6.60. The molecule has 0 bridgehead atoms. The van der Waals surface area contributed by atoms with Crippen molar-refractivity contribution in [3.63, 3.8) is 0 Å². The number of carbonyl (C=O) groups excluding carboxylic acids is 1. The van der Waals surface area contributed by atoms with Crippen LogP contribution in [-0.4, -0.2) is 46.7 Å². The van der Waals surface area contributed by atoms with Crippen LogP contribution in [0.2, 0.25) is 0 Å². The van der Waals surface area contributed by atoms with Crippen LogP contribution in [0.25, 0.3) is 0 Å². The van der Waals surface area contributed by atoms with Crippen LogP contribution in [0.1, 0.15) is 45.0 Å². The summed E-state index contributed by atoms with van der Waals surface area (Å²) in [5, 5.41) is 3.93. The van der Waals surface area contributed by atoms with Gasteiger partial charge in [0, 0.05) is 36.4 Å². The number of nitrogens with zero attached hydrogens (tertiary/aromatic N) is 3. The van der Waals surface area contributed by atoms with E-state index in [9.17, 15) is 4.79 Å². The molecule has 2 aromatic rings. The Labute approximate surface area is 144 Å². The average molecular weight is 347 g/mol. The molecule has 0 radical (unpaired) electrons. The van der Waals surface area contributed by atoms with Crippen LogP contribution in [0.4, 0.5) is 0 Å². The van der Waals surface area contributed by atoms with Crippen LogP contribution >= 0.6 is 11.3 Å². The van der Waals surface area contributed by atoms with Gasteiger partial charge in [-0.25, -0.2) is 0 Å². The Bertz CT molecular complexity index is 741. The Morgan fingerprint density at radius 1 is 1.33 bits per heavy atom. The lowest BCUT2D eigenvalue weighted by Gasteiger charge is -2.43. The highest BCUT2D eigenvalue weighted by atomic mass is 32.1. The van der Waals surface area contributed by atoms with E-state index in [0.717, 1.165) is 29.1 Å². The molecule has 2 saturated heterocycles. The van der Waals surface area contributed by atoms with Gasteiger partial charge in [0.1, 0.15) is 0 Å². The molecule has 4 heterocycles. The minimum Gasteiger partial charge on any atom is -0.378 e. The van der Waals surface area contributed by atoms with Gasteiger partial charge < -0.3 is 14.2 Å². The van der Waals surface area contributed by atoms with Gasteiger partial charge >= 0.3 is 0 Å². The fourth-order valence-electron chi connectivity index (χ4n) is 3.77. The van der Waals surface area contributed by atoms with Crippen LogP contribution in [0, 0.1) is 19.8 Å². The number of likely N-dealkylation sites (tertiary alicyclic amines) is 1. The van der Waals surface area contributed by atoms with Crippen LogP contribution < -0.4 is 0 Å². The summed E-state index contributed by atoms with van der Waals surface area (Å²) in [6, 6.07) is 3.92. The fourth-order valence-corrected chi connectivity index (χ4v) is 4.61. The van der Waals surface area contributed by atoms with Gasteiger partial charge in [0.25, 0.3) is 5.91 Å². The molecule has 0 unspecified atom stereocenters. The summed E-state index contributed by atoms with van der Waals surface area (Å²) in [6.45, 7) is 6.00. The zero-order valence-corrected chi connectivity index (χ0v) is 14.7. The largest absolute Gasteiger partial charge is 0.378 e. The van der Waals surface area contributed by atoms with Gasteiger partial charge in [0.15, 0.2) is 5.82 Å². The van der Waals surface area contributed by atoms with E-state index in [4.69, 9.17) is 9.26 Å². The van der Waals surface area contributed by atoms with Gasteiger partial charge in [-0.05, 0) is 38.8 Å². The quantitative estimate of drug-likeness (QED) is 0.835. The van der Waals surface area contributed by atoms with Crippen LogP contribution in [0.5, 0.6) is 0 Å². The van der Waals surface area contributed by atoms with Crippen molar-refractivity contribution in [1.29, 1.82) is 0 Å². The van der Waals surface area contributed by atoms with Crippen molar-refractivity contribution in [2.24, 2.45) is 5.92 Å². The van der Waals surface area contributed by atoms with E-state index in [1.807, 2.05) is 30.9 Å². The van der Waals surface area contributed by atoms with Gasteiger partial charge in [-0.2, -0.15) is 4.98 Å². The summed E-state index contributed by atoms with van der Waals surface area (Å²) >= 11 is 1.56. The number of hydrogen-bond acceptors (Lipinski definition) is 6. The van der Waals surface area contributed by atoms with Gasteiger partial charge in [0.2, 0.25) is 5.89 Å². The Kier molecular flexibility index (Phi) is 4.14. The van der Waals surface area contributed by atoms with Crippen molar-refractivity contribution >= 4 is 17.2 Å². The summed E-state index contributed by atoms with van der Waals surface area (Å²) in [4.78, 5) is 21.1. The molecular weight excluding hydrogens is 326 g/mol. The zero-order chi connectivity index (χ0) is 16.7. The Morgan fingerprint density at radius 3 is 2.92 bits per heavy atom. The highest BCUT2D eigenvalue weighted by molar-refractivity contribution is 7.13. The molecule has 2 aliphatic rings. The van der Waals surface area contributed by atoms with Crippen molar-refractivity contribution in [2.45, 2.75) is 38.7 Å². The van der Waals surface area contributed by atoms with Gasteiger partial charge in [-0.1, -0.05) is 5.16 Å². The monoisotopic (exact) mass is 347 g/mol. The topological polar surface area (TPSA) is 68.5 Å². The van der Waals surface area contributed by atoms with Gasteiger partial charge in [-0.15, -0.1) is 11.3 Å². The number of carbonyl (C=O) groups is 1. The molecule has 24 heavy (non-hydrogen) atoms. The standard InChI is InChI=1S/C17H21N3O3S/c1-10-3-4-15(24-10)17(21)20-7-5-14-13(9-20)12(6-8-22-14)16-18-11(2)19-23-16/h3-4,12-14H,5-9H2,1-2H3/t12-,13-,14-/m0/s1. The molecule has 0 aromatic carbocycles. The van der Waals surface area contributed by atoms with E-state index in [2.05, 4.69) is 10.1 Å². The molecule has 2 fully saturated rings. The Hall–Kier alpha value is -1.73. The van der Waals surface area contributed by atoms with E-state index < -0.39 is 0 Å². The summed E-state index contributed by atoms with van der Waals surface area (Å²) in [6.07, 6.45) is 1.90. The van der Waals surface area contributed by atoms with Crippen LogP contribution in [0.15, 0.2) is 16.7 Å². The minimum atomic E-state index is 0.123. The van der Waals surface area contributed by atoms with E-state index in [1.165, 1.54) is 0 Å². The number of aromatic nitrogens is 2. The van der Waals surface area contributed by atoms with Crippen molar-refractivity contribution in [2.75, 3.05) is 19.7 Å². The highest BCUT2D eigenvalue weighted by Gasteiger charge is 2.42. The smallest absolute Gasteiger partial charge is 0.263 e. The normalized spacial score (nSPS) is 27.1. The number of ether oxygens (including phenoxy) is 1. The van der Waals surface area contributed by atoms with E-state index >= 15 is 0 Å². The molecule has 0 aliphatic carbocycles. The molecule has 0 spiro atoms. The molecule has 4 rings (SSSR count). The van der Waals surface area contributed by atoms with Crippen molar-refractivity contribution in [3.8, 4) is 0 Å². The van der Waals surface area contributed by atoms with Crippen molar-refractivity contribution in [3.05, 3.63) is 33.6 Å². The average Bonchev–Trinajstić information content (AvgIpc) is 3.21. The molecule has 2 aliphatic heterocycles. The minimum absolute atomic E-state index is 0.123. The molecular formula is C17H21N3O3S. The molecule has 128 valence electrons. The summed E-state index contributed by atoms with van der Waals surface area (Å²) in [5.41, 5.74) is 0. The third-order valence-corrected chi connectivity index (χ3v) is 5.96. The predicted octanol–water partition coefficient (Wildman–Crippen LogP) is 2.78. The lowest BCUT2D eigenvalue weighted by molar-refractivity contribution is -0.0756. The van der Waals surface area contributed by atoms with Crippen LogP contribution in [-0.2, 0) is 4.74 Å². The maximum Gasteiger partial charge on any atom is 0.263 e. The number of fused-ring (bicyclic) bond motifs is 1. The molecule has 3 atom stereocenters. The van der Waals surface area contributed by atoms with E-state index in [0.29, 0.717) is 24.9 Å². The number of hydrogen-bond donors (Lipinski definition) is 0. The number of amides is 1. The number of aryl methyl sites for hydroxylation is 2. The first-order valence-electron chi connectivity index (χ1n) is 8.39. The number of thiophene rings is 1. The first-order chi connectivity index (χ1) is 11.6. The second-order valence-corrected chi connectivity index (χ2v) is 7.89. The fraction of sp³-hybridized carbons (Fsp3) is 0.588. The molecule has 7 heteroatoms. The lowest BCUT2D eigenvalue weighted by atomic mass is 9.79. The van der Waals surface area contributed by atoms with Gasteiger partial charge in [0.05, 0.1) is 11.0 Å². The molecule has 2 aromatic heterocycles. The van der Waals surface area contributed by atoms with Crippen LogP contribution in [0.3, 0.4) is 0 Å². The maximum atomic E-state index is 12.8.